The topological polar surface area (TPSA) is 71.2 Å². The summed E-state index contributed by atoms with van der Waals surface area (Å²) in [5.41, 5.74) is 6.02. The molecule has 0 spiro atoms. The summed E-state index contributed by atoms with van der Waals surface area (Å²) >= 11 is 0. The van der Waals surface area contributed by atoms with E-state index in [-0.39, 0.29) is 5.91 Å². The summed E-state index contributed by atoms with van der Waals surface area (Å²) in [6.07, 6.45) is 1.74. The van der Waals surface area contributed by atoms with Crippen molar-refractivity contribution in [2.45, 2.75) is 25.5 Å². The molecule has 2 N–H and O–H groups in total. The van der Waals surface area contributed by atoms with Crippen molar-refractivity contribution in [3.63, 3.8) is 0 Å². The third-order valence-electron chi connectivity index (χ3n) is 5.77. The van der Waals surface area contributed by atoms with E-state index < -0.39 is 18.1 Å². The van der Waals surface area contributed by atoms with Crippen LogP contribution in [0.25, 0.3) is 22.0 Å². The van der Waals surface area contributed by atoms with Crippen LogP contribution in [0.3, 0.4) is 0 Å². The predicted octanol–water partition coefficient (Wildman–Crippen LogP) is 4.53. The van der Waals surface area contributed by atoms with Crippen LogP contribution in [0.4, 0.5) is 0 Å². The van der Waals surface area contributed by atoms with Crippen molar-refractivity contribution in [1.29, 1.82) is 0 Å². The summed E-state index contributed by atoms with van der Waals surface area (Å²) in [5.74, 6) is -0.717. The number of aromatic nitrogens is 1. The van der Waals surface area contributed by atoms with E-state index in [4.69, 9.17) is 4.74 Å². The van der Waals surface area contributed by atoms with E-state index in [2.05, 4.69) is 10.3 Å². The second kappa shape index (κ2) is 7.76. The highest BCUT2D eigenvalue weighted by Crippen LogP contribution is 2.45. The van der Waals surface area contributed by atoms with Crippen LogP contribution in [0.15, 0.2) is 79.0 Å². The first-order chi connectivity index (χ1) is 15.1. The molecule has 5 nitrogen and oxygen atoms in total. The van der Waals surface area contributed by atoms with E-state index in [1.54, 1.807) is 0 Å². The number of hydrogen-bond acceptors (Lipinski definition) is 3. The van der Waals surface area contributed by atoms with Gasteiger partial charge in [-0.05, 0) is 22.8 Å². The Hall–Kier alpha value is -3.86. The van der Waals surface area contributed by atoms with Crippen molar-refractivity contribution in [2.75, 3.05) is 0 Å². The fourth-order valence-corrected chi connectivity index (χ4v) is 4.39. The van der Waals surface area contributed by atoms with Gasteiger partial charge in [-0.2, -0.15) is 0 Å². The zero-order chi connectivity index (χ0) is 21.4. The van der Waals surface area contributed by atoms with E-state index in [9.17, 15) is 9.59 Å². The van der Waals surface area contributed by atoms with E-state index in [1.165, 1.54) is 6.92 Å². The number of fused-ring (bicyclic) bond motifs is 4. The third-order valence-corrected chi connectivity index (χ3v) is 5.77. The lowest BCUT2D eigenvalue weighted by molar-refractivity contribution is -0.151. The largest absolute Gasteiger partial charge is 0.451 e. The Morgan fingerprint density at radius 1 is 0.935 bits per heavy atom. The van der Waals surface area contributed by atoms with Gasteiger partial charge in [0.2, 0.25) is 5.91 Å². The van der Waals surface area contributed by atoms with Crippen LogP contribution >= 0.6 is 0 Å². The van der Waals surface area contributed by atoms with Crippen LogP contribution in [-0.2, 0) is 20.7 Å². The molecule has 1 heterocycles. The molecule has 154 valence electrons. The number of aromatic amines is 1. The Morgan fingerprint density at radius 2 is 1.55 bits per heavy atom. The molecule has 0 radical (unpaired) electrons. The van der Waals surface area contributed by atoms with Gasteiger partial charge >= 0.3 is 5.97 Å². The lowest BCUT2D eigenvalue weighted by Gasteiger charge is -2.21. The maximum absolute atomic E-state index is 13.3. The number of esters is 1. The molecule has 5 heteroatoms. The molecule has 0 saturated carbocycles. The van der Waals surface area contributed by atoms with Gasteiger partial charge in [0.15, 0.2) is 6.10 Å². The highest BCUT2D eigenvalue weighted by atomic mass is 16.5. The number of H-pyrrole nitrogens is 1. The molecule has 0 bridgehead atoms. The van der Waals surface area contributed by atoms with Gasteiger partial charge in [-0.3, -0.25) is 4.79 Å². The molecule has 5 rings (SSSR count). The number of para-hydroxylation sites is 1. The Balaban J connectivity index is 1.45. The van der Waals surface area contributed by atoms with E-state index >= 15 is 0 Å². The smallest absolute Gasteiger partial charge is 0.329 e. The minimum Gasteiger partial charge on any atom is -0.451 e. The van der Waals surface area contributed by atoms with Gasteiger partial charge in [-0.15, -0.1) is 0 Å². The number of ether oxygens (including phenoxy) is 1. The number of amides is 1. The fraction of sp³-hybridized carbons (Fsp3) is 0.154. The molecule has 1 aromatic heterocycles. The van der Waals surface area contributed by atoms with Gasteiger partial charge in [0.1, 0.15) is 6.04 Å². The highest BCUT2D eigenvalue weighted by Gasteiger charge is 2.33. The van der Waals surface area contributed by atoms with Crippen LogP contribution in [0, 0.1) is 0 Å². The zero-order valence-electron chi connectivity index (χ0n) is 17.1. The molecule has 0 aliphatic heterocycles. The van der Waals surface area contributed by atoms with Crippen LogP contribution < -0.4 is 5.32 Å². The van der Waals surface area contributed by atoms with Crippen molar-refractivity contribution < 1.29 is 14.3 Å². The molecule has 31 heavy (non-hydrogen) atoms. The first kappa shape index (κ1) is 19.1. The Bertz CT molecular complexity index is 1250. The number of benzene rings is 3. The molecule has 3 aromatic carbocycles. The molecular weight excluding hydrogens is 388 g/mol. The maximum atomic E-state index is 13.3. The molecule has 1 amide bonds. The number of hydrogen-bond donors (Lipinski definition) is 2. The molecule has 0 unspecified atom stereocenters. The highest BCUT2D eigenvalue weighted by molar-refractivity contribution is 5.87. The monoisotopic (exact) mass is 410 g/mol. The SMILES string of the molecule is CC(=O)N[C@@H](Cc1c[nH]c2ccccc12)C(=O)OC1c2ccccc2-c2ccccc21. The van der Waals surface area contributed by atoms with Crippen LogP contribution in [0.1, 0.15) is 29.7 Å². The van der Waals surface area contributed by atoms with Crippen LogP contribution in [-0.4, -0.2) is 22.9 Å². The minimum absolute atomic E-state index is 0.269. The standard InChI is InChI=1S/C26H22N2O3/c1-16(29)28-24(14-17-15-27-23-13-7-6-8-18(17)23)26(30)31-25-21-11-4-2-9-19(21)20-10-3-5-12-22(20)25/h2-13,15,24-25,27H,14H2,1H3,(H,28,29)/t24-/m0/s1. The molecule has 1 aliphatic carbocycles. The quantitative estimate of drug-likeness (QED) is 0.475. The number of rotatable bonds is 5. The number of carbonyl (C=O) groups excluding carboxylic acids is 2. The first-order valence-corrected chi connectivity index (χ1v) is 10.3. The zero-order valence-corrected chi connectivity index (χ0v) is 17.1. The normalized spacial score (nSPS) is 13.5. The second-order valence-electron chi connectivity index (χ2n) is 7.81. The average molecular weight is 410 g/mol. The minimum atomic E-state index is -0.781. The van der Waals surface area contributed by atoms with Crippen molar-refractivity contribution >= 4 is 22.8 Å². The summed E-state index contributed by atoms with van der Waals surface area (Å²) < 4.78 is 6.02. The lowest BCUT2D eigenvalue weighted by atomic mass is 10.0. The molecule has 1 aliphatic rings. The maximum Gasteiger partial charge on any atom is 0.329 e. The Kier molecular flexibility index (Phi) is 4.79. The summed E-state index contributed by atoms with van der Waals surface area (Å²) in [6.45, 7) is 1.41. The van der Waals surface area contributed by atoms with Crippen molar-refractivity contribution in [1.82, 2.24) is 10.3 Å². The van der Waals surface area contributed by atoms with Gasteiger partial charge in [-0.25, -0.2) is 4.79 Å². The fourth-order valence-electron chi connectivity index (χ4n) is 4.39. The lowest BCUT2D eigenvalue weighted by Crippen LogP contribution is -2.42. The van der Waals surface area contributed by atoms with E-state index in [0.29, 0.717) is 6.42 Å². The molecular formula is C26H22N2O3. The van der Waals surface area contributed by atoms with Gasteiger partial charge < -0.3 is 15.0 Å². The molecule has 4 aromatic rings. The number of carbonyl (C=O) groups is 2. The molecule has 0 saturated heterocycles. The Labute approximate surface area is 180 Å². The van der Waals surface area contributed by atoms with E-state index in [0.717, 1.165) is 38.7 Å². The van der Waals surface area contributed by atoms with Crippen LogP contribution in [0.2, 0.25) is 0 Å². The molecule has 1 atom stereocenters. The van der Waals surface area contributed by atoms with Gasteiger partial charge in [0, 0.05) is 41.6 Å². The van der Waals surface area contributed by atoms with Crippen molar-refractivity contribution in [3.8, 4) is 11.1 Å². The van der Waals surface area contributed by atoms with Crippen molar-refractivity contribution in [2.24, 2.45) is 0 Å². The van der Waals surface area contributed by atoms with Crippen LogP contribution in [0.5, 0.6) is 0 Å². The van der Waals surface area contributed by atoms with Gasteiger partial charge in [0.25, 0.3) is 0 Å². The summed E-state index contributed by atoms with van der Waals surface area (Å²) in [5, 5.41) is 3.81. The second-order valence-corrected chi connectivity index (χ2v) is 7.81. The first-order valence-electron chi connectivity index (χ1n) is 10.3. The number of nitrogens with one attached hydrogen (secondary N) is 2. The third kappa shape index (κ3) is 3.48. The van der Waals surface area contributed by atoms with Crippen molar-refractivity contribution in [3.05, 3.63) is 95.7 Å². The Morgan fingerprint density at radius 3 is 2.23 bits per heavy atom. The van der Waals surface area contributed by atoms with E-state index in [1.807, 2.05) is 79.0 Å². The summed E-state index contributed by atoms with van der Waals surface area (Å²) in [4.78, 5) is 28.3. The molecule has 0 fully saturated rings. The average Bonchev–Trinajstić information content (AvgIpc) is 3.33. The van der Waals surface area contributed by atoms with Gasteiger partial charge in [0.05, 0.1) is 0 Å². The predicted molar refractivity (Wildman–Crippen MR) is 119 cm³/mol. The summed E-state index contributed by atoms with van der Waals surface area (Å²) in [7, 11) is 0. The summed E-state index contributed by atoms with van der Waals surface area (Å²) in [6, 6.07) is 23.0. The van der Waals surface area contributed by atoms with Gasteiger partial charge in [-0.1, -0.05) is 66.7 Å².